The number of benzene rings is 2. The van der Waals surface area contributed by atoms with Gasteiger partial charge in [0.25, 0.3) is 0 Å². The van der Waals surface area contributed by atoms with E-state index in [-0.39, 0.29) is 17.9 Å². The minimum atomic E-state index is -0.610. The summed E-state index contributed by atoms with van der Waals surface area (Å²) in [5.41, 5.74) is 4.74. The predicted octanol–water partition coefficient (Wildman–Crippen LogP) is 6.44. The van der Waals surface area contributed by atoms with E-state index in [2.05, 4.69) is 15.1 Å². The topological polar surface area (TPSA) is 95.8 Å². The van der Waals surface area contributed by atoms with Crippen LogP contribution in [0.4, 0.5) is 4.79 Å². The Labute approximate surface area is 246 Å². The molecule has 0 saturated carbocycles. The number of rotatable bonds is 6. The summed E-state index contributed by atoms with van der Waals surface area (Å²) in [5.74, 6) is 0.659. The summed E-state index contributed by atoms with van der Waals surface area (Å²) in [5, 5.41) is 9.48. The second-order valence-electron chi connectivity index (χ2n) is 11.8. The van der Waals surface area contributed by atoms with Crippen molar-refractivity contribution in [2.75, 3.05) is 20.8 Å². The van der Waals surface area contributed by atoms with Crippen LogP contribution in [0.3, 0.4) is 0 Å². The fourth-order valence-electron chi connectivity index (χ4n) is 5.88. The molecule has 3 heterocycles. The van der Waals surface area contributed by atoms with Crippen LogP contribution in [0.15, 0.2) is 60.9 Å². The van der Waals surface area contributed by atoms with Gasteiger partial charge in [0.1, 0.15) is 11.4 Å². The minimum absolute atomic E-state index is 0.0476. The second kappa shape index (κ2) is 11.9. The molecule has 9 heteroatoms. The lowest BCUT2D eigenvalue weighted by atomic mass is 9.84. The maximum Gasteiger partial charge on any atom is 0.419 e. The van der Waals surface area contributed by atoms with Crippen LogP contribution in [0.1, 0.15) is 78.3 Å². The van der Waals surface area contributed by atoms with E-state index in [0.29, 0.717) is 12.1 Å². The molecule has 0 N–H and O–H groups in total. The molecule has 42 heavy (non-hydrogen) atoms. The Morgan fingerprint density at radius 3 is 2.48 bits per heavy atom. The minimum Gasteiger partial charge on any atom is -0.496 e. The number of likely N-dealkylation sites (tertiary alicyclic amines) is 1. The Bertz CT molecular complexity index is 1570. The van der Waals surface area contributed by atoms with Gasteiger partial charge in [0.05, 0.1) is 31.0 Å². The number of methoxy groups -OCH3 is 2. The number of hydrogen-bond acceptors (Lipinski definition) is 8. The maximum absolute atomic E-state index is 13.1. The van der Waals surface area contributed by atoms with Crippen molar-refractivity contribution in [1.29, 1.82) is 0 Å². The number of aryl methyl sites for hydroxylation is 1. The van der Waals surface area contributed by atoms with Crippen LogP contribution in [-0.2, 0) is 16.0 Å². The highest BCUT2D eigenvalue weighted by atomic mass is 16.6. The average molecular weight is 571 g/mol. The van der Waals surface area contributed by atoms with E-state index in [4.69, 9.17) is 14.2 Å². The summed E-state index contributed by atoms with van der Waals surface area (Å²) in [6.07, 6.45) is 4.82. The number of fused-ring (bicyclic) bond motifs is 1. The van der Waals surface area contributed by atoms with Crippen molar-refractivity contribution in [2.24, 2.45) is 0 Å². The highest BCUT2D eigenvalue weighted by Gasteiger charge is 2.33. The van der Waals surface area contributed by atoms with Gasteiger partial charge in [-0.15, -0.1) is 0 Å². The Balaban J connectivity index is 1.53. The van der Waals surface area contributed by atoms with Crippen LogP contribution >= 0.6 is 0 Å². The van der Waals surface area contributed by atoms with Gasteiger partial charge in [-0.1, -0.05) is 12.1 Å². The highest BCUT2D eigenvalue weighted by molar-refractivity contribution is 5.95. The lowest BCUT2D eigenvalue weighted by molar-refractivity contribution is 0.0542. The van der Waals surface area contributed by atoms with Gasteiger partial charge >= 0.3 is 12.1 Å². The molecule has 9 nitrogen and oxygen atoms in total. The normalized spacial score (nSPS) is 17.7. The van der Waals surface area contributed by atoms with Gasteiger partial charge < -0.3 is 14.2 Å². The fraction of sp³-hybridized carbons (Fsp3) is 0.394. The lowest BCUT2D eigenvalue weighted by Crippen LogP contribution is -2.36. The van der Waals surface area contributed by atoms with Crippen LogP contribution < -0.4 is 4.74 Å². The van der Waals surface area contributed by atoms with Crippen molar-refractivity contribution in [2.45, 2.75) is 64.6 Å². The molecule has 1 aliphatic heterocycles. The molecule has 1 saturated heterocycles. The van der Waals surface area contributed by atoms with Crippen molar-refractivity contribution >= 4 is 23.0 Å². The zero-order valence-corrected chi connectivity index (χ0v) is 25.1. The standard InChI is InChI=1S/C33H38N4O5/c1-21-18-29(40-5)26(25-14-17-37(30(21)25)32(39)42-33(2,3)4)20-36-16-13-24(27-8-7-15-34-35-27)19-28(36)22-9-11-23(12-10-22)31(38)41-6/h7-12,14-15,17-18,24,28H,13,16,19-20H2,1-6H3. The third-order valence-corrected chi connectivity index (χ3v) is 7.84. The van der Waals surface area contributed by atoms with E-state index in [1.54, 1.807) is 24.1 Å². The summed E-state index contributed by atoms with van der Waals surface area (Å²) in [6, 6.07) is 15.6. The molecular weight excluding hydrogens is 532 g/mol. The number of nitrogens with zero attached hydrogens (tertiary/aromatic N) is 4. The van der Waals surface area contributed by atoms with Crippen LogP contribution in [0.25, 0.3) is 10.9 Å². The van der Waals surface area contributed by atoms with E-state index < -0.39 is 11.7 Å². The van der Waals surface area contributed by atoms with Crippen LogP contribution in [0.5, 0.6) is 5.75 Å². The van der Waals surface area contributed by atoms with Gasteiger partial charge in [-0.2, -0.15) is 10.2 Å². The van der Waals surface area contributed by atoms with Gasteiger partial charge in [-0.05, 0) is 94.6 Å². The van der Waals surface area contributed by atoms with Gasteiger partial charge in [-0.25, -0.2) is 9.59 Å². The first-order valence-corrected chi connectivity index (χ1v) is 14.2. The lowest BCUT2D eigenvalue weighted by Gasteiger charge is -2.40. The largest absolute Gasteiger partial charge is 0.496 e. The number of esters is 1. The Morgan fingerprint density at radius 1 is 1.07 bits per heavy atom. The number of aromatic nitrogens is 3. The number of carbonyl (C=O) groups excluding carboxylic acids is 2. The van der Waals surface area contributed by atoms with Crippen LogP contribution in [0, 0.1) is 6.92 Å². The fourth-order valence-corrected chi connectivity index (χ4v) is 5.88. The summed E-state index contributed by atoms with van der Waals surface area (Å²) in [4.78, 5) is 27.6. The Hall–Kier alpha value is -4.24. The van der Waals surface area contributed by atoms with Crippen LogP contribution in [-0.4, -0.2) is 58.1 Å². The smallest absolute Gasteiger partial charge is 0.419 e. The Kier molecular flexibility index (Phi) is 8.31. The monoisotopic (exact) mass is 570 g/mol. The van der Waals surface area contributed by atoms with Gasteiger partial charge in [0.15, 0.2) is 0 Å². The average Bonchev–Trinajstić information content (AvgIpc) is 3.44. The molecule has 1 fully saturated rings. The van der Waals surface area contributed by atoms with Gasteiger partial charge in [0.2, 0.25) is 0 Å². The van der Waals surface area contributed by atoms with E-state index >= 15 is 0 Å². The molecule has 0 radical (unpaired) electrons. The summed E-state index contributed by atoms with van der Waals surface area (Å²) >= 11 is 0. The van der Waals surface area contributed by atoms with Crippen molar-refractivity contribution in [3.8, 4) is 5.75 Å². The third kappa shape index (κ3) is 6.01. The van der Waals surface area contributed by atoms with Gasteiger partial charge in [-0.3, -0.25) is 9.47 Å². The first-order valence-electron chi connectivity index (χ1n) is 14.2. The summed E-state index contributed by atoms with van der Waals surface area (Å²) < 4.78 is 18.1. The molecule has 2 unspecified atom stereocenters. The molecule has 0 spiro atoms. The highest BCUT2D eigenvalue weighted by Crippen LogP contribution is 2.42. The molecule has 2 atom stereocenters. The quantitative estimate of drug-likeness (QED) is 0.245. The maximum atomic E-state index is 13.1. The number of hydrogen-bond donors (Lipinski definition) is 0. The van der Waals surface area contributed by atoms with E-state index in [9.17, 15) is 9.59 Å². The van der Waals surface area contributed by atoms with Gasteiger partial charge in [0, 0.05) is 41.8 Å². The van der Waals surface area contributed by atoms with Crippen molar-refractivity contribution < 1.29 is 23.8 Å². The molecule has 0 aliphatic carbocycles. The van der Waals surface area contributed by atoms with Crippen molar-refractivity contribution in [1.82, 2.24) is 19.7 Å². The first-order chi connectivity index (χ1) is 20.1. The summed E-state index contributed by atoms with van der Waals surface area (Å²) in [7, 11) is 3.06. The first kappa shape index (κ1) is 29.3. The van der Waals surface area contributed by atoms with E-state index in [0.717, 1.165) is 58.4 Å². The van der Waals surface area contributed by atoms with Crippen molar-refractivity contribution in [3.63, 3.8) is 0 Å². The molecule has 220 valence electrons. The SMILES string of the molecule is COC(=O)c1ccc(C2CC(c3cccnn3)CCN2Cc2c(OC)cc(C)c3c2ccn3C(=O)OC(C)(C)C)cc1. The zero-order valence-electron chi connectivity index (χ0n) is 25.1. The molecular formula is C33H38N4O5. The van der Waals surface area contributed by atoms with E-state index in [1.165, 1.54) is 7.11 Å². The molecule has 2 aromatic carbocycles. The number of piperidine rings is 1. The predicted molar refractivity (Wildman–Crippen MR) is 160 cm³/mol. The molecule has 1 aliphatic rings. The molecule has 0 amide bonds. The van der Waals surface area contributed by atoms with Crippen molar-refractivity contribution in [3.05, 3.63) is 88.9 Å². The molecule has 2 aromatic heterocycles. The van der Waals surface area contributed by atoms with E-state index in [1.807, 2.05) is 76.2 Å². The number of ether oxygens (including phenoxy) is 3. The zero-order chi connectivity index (χ0) is 30.0. The molecule has 0 bridgehead atoms. The second-order valence-corrected chi connectivity index (χ2v) is 11.8. The molecule has 5 rings (SSSR count). The van der Waals surface area contributed by atoms with Crippen LogP contribution in [0.2, 0.25) is 0 Å². The number of carbonyl (C=O) groups is 2. The summed E-state index contributed by atoms with van der Waals surface area (Å²) in [6.45, 7) is 8.99. The third-order valence-electron chi connectivity index (χ3n) is 7.84. The Morgan fingerprint density at radius 2 is 1.83 bits per heavy atom. The molecule has 4 aromatic rings.